The highest BCUT2D eigenvalue weighted by Crippen LogP contribution is 2.25. The first-order valence-electron chi connectivity index (χ1n) is 7.28. The molecule has 1 heterocycles. The van der Waals surface area contributed by atoms with E-state index in [1.807, 2.05) is 24.8 Å². The van der Waals surface area contributed by atoms with E-state index in [1.54, 1.807) is 0 Å². The molecule has 1 aromatic carbocycles. The average Bonchev–Trinajstić information content (AvgIpc) is 3.06. The second kappa shape index (κ2) is 6.42. The molecule has 1 aliphatic carbocycles. The zero-order chi connectivity index (χ0) is 13.8. The van der Waals surface area contributed by atoms with Crippen LogP contribution in [0.4, 0.5) is 0 Å². The average molecular weight is 290 g/mol. The van der Waals surface area contributed by atoms with Gasteiger partial charge in [-0.15, -0.1) is 0 Å². The third kappa shape index (κ3) is 3.41. The summed E-state index contributed by atoms with van der Waals surface area (Å²) < 4.78 is 2.13. The molecule has 1 aliphatic rings. The monoisotopic (exact) mass is 289 g/mol. The van der Waals surface area contributed by atoms with Crippen molar-refractivity contribution in [1.82, 2.24) is 14.9 Å². The summed E-state index contributed by atoms with van der Waals surface area (Å²) in [6.45, 7) is 2.14. The molecule has 0 fully saturated rings. The maximum Gasteiger partial charge on any atom is 0.0945 e. The van der Waals surface area contributed by atoms with E-state index in [0.717, 1.165) is 31.0 Å². The molecular formula is C16H20ClN3. The Balaban J connectivity index is 1.36. The molecule has 0 radical (unpaired) electrons. The Morgan fingerprint density at radius 3 is 3.00 bits per heavy atom. The quantitative estimate of drug-likeness (QED) is 0.828. The van der Waals surface area contributed by atoms with Crippen LogP contribution in [0.2, 0.25) is 5.02 Å². The molecule has 1 atom stereocenters. The van der Waals surface area contributed by atoms with Gasteiger partial charge in [0.25, 0.3) is 0 Å². The van der Waals surface area contributed by atoms with Gasteiger partial charge < -0.3 is 9.88 Å². The normalized spacial score (nSPS) is 17.4. The van der Waals surface area contributed by atoms with Crippen LogP contribution >= 0.6 is 11.6 Å². The molecule has 106 valence electrons. The van der Waals surface area contributed by atoms with E-state index in [4.69, 9.17) is 11.6 Å². The molecule has 0 aliphatic heterocycles. The third-order valence-corrected chi connectivity index (χ3v) is 4.17. The Morgan fingerprint density at radius 1 is 1.25 bits per heavy atom. The summed E-state index contributed by atoms with van der Waals surface area (Å²) in [5.41, 5.74) is 2.86. The Hall–Kier alpha value is -1.32. The van der Waals surface area contributed by atoms with Crippen LogP contribution in [0.1, 0.15) is 24.0 Å². The number of hydrogen-bond acceptors (Lipinski definition) is 2. The predicted octanol–water partition coefficient (Wildman–Crippen LogP) is 3.07. The summed E-state index contributed by atoms with van der Waals surface area (Å²) in [7, 11) is 0. The van der Waals surface area contributed by atoms with Gasteiger partial charge in [0.2, 0.25) is 0 Å². The number of nitrogens with zero attached hydrogens (tertiary/aromatic N) is 2. The topological polar surface area (TPSA) is 29.9 Å². The number of aryl methyl sites for hydroxylation is 1. The van der Waals surface area contributed by atoms with E-state index in [0.29, 0.717) is 6.04 Å². The number of rotatable bonds is 6. The molecule has 0 saturated carbocycles. The van der Waals surface area contributed by atoms with Crippen LogP contribution in [-0.4, -0.2) is 22.1 Å². The SMILES string of the molecule is Clc1ccc2c(c1)CC(NCCCCn1ccnc1)C2. The lowest BCUT2D eigenvalue weighted by Crippen LogP contribution is -2.30. The fraction of sp³-hybridized carbons (Fsp3) is 0.438. The lowest BCUT2D eigenvalue weighted by atomic mass is 10.1. The van der Waals surface area contributed by atoms with Crippen molar-refractivity contribution in [1.29, 1.82) is 0 Å². The van der Waals surface area contributed by atoms with Gasteiger partial charge in [-0.1, -0.05) is 17.7 Å². The maximum absolute atomic E-state index is 6.04. The number of imidazole rings is 1. The molecule has 20 heavy (non-hydrogen) atoms. The smallest absolute Gasteiger partial charge is 0.0945 e. The molecule has 3 rings (SSSR count). The minimum atomic E-state index is 0.580. The Kier molecular flexibility index (Phi) is 4.38. The van der Waals surface area contributed by atoms with E-state index < -0.39 is 0 Å². The summed E-state index contributed by atoms with van der Waals surface area (Å²) in [6, 6.07) is 6.85. The number of unbranched alkanes of at least 4 members (excludes halogenated alkanes) is 1. The van der Waals surface area contributed by atoms with Crippen molar-refractivity contribution in [3.05, 3.63) is 53.1 Å². The molecule has 1 aromatic heterocycles. The van der Waals surface area contributed by atoms with Crippen molar-refractivity contribution < 1.29 is 0 Å². The number of fused-ring (bicyclic) bond motifs is 1. The van der Waals surface area contributed by atoms with Gasteiger partial charge in [0.1, 0.15) is 0 Å². The lowest BCUT2D eigenvalue weighted by molar-refractivity contribution is 0.500. The highest BCUT2D eigenvalue weighted by molar-refractivity contribution is 6.30. The van der Waals surface area contributed by atoms with Gasteiger partial charge in [-0.25, -0.2) is 4.98 Å². The van der Waals surface area contributed by atoms with Crippen molar-refractivity contribution in [3.63, 3.8) is 0 Å². The minimum Gasteiger partial charge on any atom is -0.337 e. The molecular weight excluding hydrogens is 270 g/mol. The Labute approximate surface area is 125 Å². The van der Waals surface area contributed by atoms with E-state index >= 15 is 0 Å². The fourth-order valence-corrected chi connectivity index (χ4v) is 3.07. The molecule has 4 heteroatoms. The van der Waals surface area contributed by atoms with Gasteiger partial charge >= 0.3 is 0 Å². The van der Waals surface area contributed by atoms with Gasteiger partial charge in [0.15, 0.2) is 0 Å². The first kappa shape index (κ1) is 13.7. The molecule has 0 amide bonds. The summed E-state index contributed by atoms with van der Waals surface area (Å²) in [6.07, 6.45) is 10.4. The second-order valence-corrected chi connectivity index (χ2v) is 5.92. The summed E-state index contributed by atoms with van der Waals surface area (Å²) >= 11 is 6.04. The predicted molar refractivity (Wildman–Crippen MR) is 82.1 cm³/mol. The molecule has 0 spiro atoms. The standard InChI is InChI=1S/C16H20ClN3/c17-15-4-3-13-10-16(11-14(13)9-15)19-5-1-2-7-20-8-6-18-12-20/h3-4,6,8-9,12,16,19H,1-2,5,7,10-11H2. The van der Waals surface area contributed by atoms with Crippen LogP contribution in [0.3, 0.4) is 0 Å². The summed E-state index contributed by atoms with van der Waals surface area (Å²) in [5.74, 6) is 0. The number of hydrogen-bond donors (Lipinski definition) is 1. The zero-order valence-corrected chi connectivity index (χ0v) is 12.3. The number of halogens is 1. The number of benzene rings is 1. The Morgan fingerprint density at radius 2 is 2.15 bits per heavy atom. The van der Waals surface area contributed by atoms with Crippen molar-refractivity contribution >= 4 is 11.6 Å². The zero-order valence-electron chi connectivity index (χ0n) is 11.6. The Bertz CT molecular complexity index is 551. The van der Waals surface area contributed by atoms with Gasteiger partial charge in [0.05, 0.1) is 6.33 Å². The van der Waals surface area contributed by atoms with E-state index in [2.05, 4.69) is 27.0 Å². The summed E-state index contributed by atoms with van der Waals surface area (Å²) in [5, 5.41) is 4.51. The van der Waals surface area contributed by atoms with Gasteiger partial charge in [-0.2, -0.15) is 0 Å². The maximum atomic E-state index is 6.04. The molecule has 3 nitrogen and oxygen atoms in total. The molecule has 0 saturated heterocycles. The molecule has 1 N–H and O–H groups in total. The van der Waals surface area contributed by atoms with Gasteiger partial charge in [0, 0.05) is 30.0 Å². The first-order chi connectivity index (χ1) is 9.81. The first-order valence-corrected chi connectivity index (χ1v) is 7.65. The molecule has 1 unspecified atom stereocenters. The van der Waals surface area contributed by atoms with Crippen molar-refractivity contribution in [2.24, 2.45) is 0 Å². The van der Waals surface area contributed by atoms with Gasteiger partial charge in [-0.05, 0) is 55.5 Å². The van der Waals surface area contributed by atoms with Crippen LogP contribution in [-0.2, 0) is 19.4 Å². The van der Waals surface area contributed by atoms with Crippen LogP contribution in [0.25, 0.3) is 0 Å². The molecule has 0 bridgehead atoms. The van der Waals surface area contributed by atoms with E-state index in [-0.39, 0.29) is 0 Å². The van der Waals surface area contributed by atoms with Crippen molar-refractivity contribution in [2.45, 2.75) is 38.3 Å². The van der Waals surface area contributed by atoms with E-state index in [9.17, 15) is 0 Å². The van der Waals surface area contributed by atoms with Crippen molar-refractivity contribution in [2.75, 3.05) is 6.54 Å². The fourth-order valence-electron chi connectivity index (χ4n) is 2.88. The largest absolute Gasteiger partial charge is 0.337 e. The third-order valence-electron chi connectivity index (χ3n) is 3.94. The highest BCUT2D eigenvalue weighted by Gasteiger charge is 2.20. The van der Waals surface area contributed by atoms with E-state index in [1.165, 1.54) is 24.0 Å². The molecule has 2 aromatic rings. The lowest BCUT2D eigenvalue weighted by Gasteiger charge is -2.11. The summed E-state index contributed by atoms with van der Waals surface area (Å²) in [4.78, 5) is 4.05. The van der Waals surface area contributed by atoms with Crippen LogP contribution in [0, 0.1) is 0 Å². The van der Waals surface area contributed by atoms with Crippen LogP contribution < -0.4 is 5.32 Å². The number of aromatic nitrogens is 2. The highest BCUT2D eigenvalue weighted by atomic mass is 35.5. The number of nitrogens with one attached hydrogen (secondary N) is 1. The van der Waals surface area contributed by atoms with Crippen LogP contribution in [0.5, 0.6) is 0 Å². The second-order valence-electron chi connectivity index (χ2n) is 5.48. The van der Waals surface area contributed by atoms with Crippen molar-refractivity contribution in [3.8, 4) is 0 Å². The van der Waals surface area contributed by atoms with Gasteiger partial charge in [-0.3, -0.25) is 0 Å². The minimum absolute atomic E-state index is 0.580. The van der Waals surface area contributed by atoms with Crippen LogP contribution in [0.15, 0.2) is 36.9 Å².